The van der Waals surface area contributed by atoms with Gasteiger partial charge in [-0.1, -0.05) is 30.3 Å². The molecule has 114 valence electrons. The first kappa shape index (κ1) is 14.4. The Morgan fingerprint density at radius 2 is 1.95 bits per heavy atom. The maximum Gasteiger partial charge on any atom is 0.322 e. The number of hydrogen-bond donors (Lipinski definition) is 2. The Kier molecular flexibility index (Phi) is 4.28. The summed E-state index contributed by atoms with van der Waals surface area (Å²) in [4.78, 5) is 14.3. The van der Waals surface area contributed by atoms with Crippen LogP contribution in [0.5, 0.6) is 5.75 Å². The van der Waals surface area contributed by atoms with Crippen LogP contribution in [0.25, 0.3) is 0 Å². The van der Waals surface area contributed by atoms with E-state index in [-0.39, 0.29) is 11.8 Å². The van der Waals surface area contributed by atoms with Crippen molar-refractivity contribution in [3.8, 4) is 5.75 Å². The van der Waals surface area contributed by atoms with E-state index < -0.39 is 0 Å². The van der Waals surface area contributed by atoms with E-state index in [1.54, 1.807) is 17.0 Å². The minimum atomic E-state index is -0.0855. The lowest BCUT2D eigenvalue weighted by atomic mass is 10.1. The third kappa shape index (κ3) is 3.22. The van der Waals surface area contributed by atoms with Gasteiger partial charge in [-0.3, -0.25) is 4.90 Å². The molecule has 0 fully saturated rings. The maximum absolute atomic E-state index is 12.5. The van der Waals surface area contributed by atoms with Crippen LogP contribution in [0, 0.1) is 0 Å². The minimum absolute atomic E-state index is 0.0855. The number of aromatic hydroxyl groups is 1. The Labute approximate surface area is 130 Å². The third-order valence-corrected chi connectivity index (χ3v) is 3.96. The van der Waals surface area contributed by atoms with Crippen molar-refractivity contribution >= 4 is 11.7 Å². The highest BCUT2D eigenvalue weighted by Crippen LogP contribution is 2.29. The van der Waals surface area contributed by atoms with Crippen LogP contribution in [0.1, 0.15) is 24.0 Å². The van der Waals surface area contributed by atoms with Gasteiger partial charge in [0.2, 0.25) is 0 Å². The normalized spacial score (nSPS) is 14.1. The second-order valence-corrected chi connectivity index (χ2v) is 5.57. The van der Waals surface area contributed by atoms with Crippen molar-refractivity contribution in [2.45, 2.75) is 25.8 Å². The molecule has 0 saturated heterocycles. The molecule has 2 N–H and O–H groups in total. The number of benzene rings is 2. The van der Waals surface area contributed by atoms with Crippen molar-refractivity contribution in [1.29, 1.82) is 0 Å². The van der Waals surface area contributed by atoms with Gasteiger partial charge < -0.3 is 10.4 Å². The van der Waals surface area contributed by atoms with Gasteiger partial charge in [-0.05, 0) is 48.6 Å². The molecule has 1 aliphatic heterocycles. The second-order valence-electron chi connectivity index (χ2n) is 5.57. The number of aryl methyl sites for hydroxylation is 1. The quantitative estimate of drug-likeness (QED) is 0.892. The Morgan fingerprint density at radius 1 is 1.14 bits per heavy atom. The molecule has 1 heterocycles. The largest absolute Gasteiger partial charge is 0.508 e. The van der Waals surface area contributed by atoms with Crippen molar-refractivity contribution in [2.24, 2.45) is 0 Å². The van der Waals surface area contributed by atoms with Crippen LogP contribution in [0.4, 0.5) is 10.5 Å². The predicted octanol–water partition coefficient (Wildman–Crippen LogP) is 3.44. The van der Waals surface area contributed by atoms with Gasteiger partial charge in [0.05, 0.1) is 0 Å². The highest BCUT2D eigenvalue weighted by atomic mass is 16.3. The number of phenols is 1. The molecule has 4 nitrogen and oxygen atoms in total. The highest BCUT2D eigenvalue weighted by Gasteiger charge is 2.21. The molecule has 0 bridgehead atoms. The van der Waals surface area contributed by atoms with Crippen molar-refractivity contribution in [3.05, 3.63) is 59.7 Å². The third-order valence-electron chi connectivity index (χ3n) is 3.96. The Morgan fingerprint density at radius 3 is 2.77 bits per heavy atom. The zero-order valence-electron chi connectivity index (χ0n) is 12.5. The molecule has 3 rings (SSSR count). The molecular weight excluding hydrogens is 276 g/mol. The van der Waals surface area contributed by atoms with Gasteiger partial charge in [-0.15, -0.1) is 0 Å². The zero-order chi connectivity index (χ0) is 15.4. The number of hydrogen-bond acceptors (Lipinski definition) is 2. The Bertz CT molecular complexity index is 655. The fraction of sp³-hybridized carbons (Fsp3) is 0.278. The summed E-state index contributed by atoms with van der Waals surface area (Å²) in [5, 5.41) is 12.6. The van der Waals surface area contributed by atoms with Crippen LogP contribution >= 0.6 is 0 Å². The first-order valence-corrected chi connectivity index (χ1v) is 7.65. The summed E-state index contributed by atoms with van der Waals surface area (Å²) in [5.41, 5.74) is 3.02. The number of fused-ring (bicyclic) bond motifs is 1. The molecule has 0 unspecified atom stereocenters. The molecule has 4 heteroatoms. The van der Waals surface area contributed by atoms with Crippen LogP contribution in [0.15, 0.2) is 48.5 Å². The van der Waals surface area contributed by atoms with E-state index in [4.69, 9.17) is 0 Å². The van der Waals surface area contributed by atoms with Gasteiger partial charge >= 0.3 is 6.03 Å². The minimum Gasteiger partial charge on any atom is -0.508 e. The number of carbonyl (C=O) groups excluding carboxylic acids is 1. The molecule has 22 heavy (non-hydrogen) atoms. The number of urea groups is 1. The average molecular weight is 296 g/mol. The SMILES string of the molecule is O=C(NCc1ccccc1)N1CCCCc2cc(O)ccc21. The number of nitrogens with one attached hydrogen (secondary N) is 1. The monoisotopic (exact) mass is 296 g/mol. The number of phenolic OH excluding ortho intramolecular Hbond substituents is 1. The summed E-state index contributed by atoms with van der Waals surface area (Å²) in [7, 11) is 0. The fourth-order valence-corrected chi connectivity index (χ4v) is 2.82. The summed E-state index contributed by atoms with van der Waals surface area (Å²) in [5.74, 6) is 0.255. The number of amides is 2. The summed E-state index contributed by atoms with van der Waals surface area (Å²) in [6.45, 7) is 1.22. The van der Waals surface area contributed by atoms with Gasteiger partial charge in [0, 0.05) is 18.8 Å². The van der Waals surface area contributed by atoms with E-state index in [1.165, 1.54) is 0 Å². The molecule has 0 radical (unpaired) electrons. The van der Waals surface area contributed by atoms with Crippen LogP contribution < -0.4 is 10.2 Å². The first-order valence-electron chi connectivity index (χ1n) is 7.65. The number of nitrogens with zero attached hydrogens (tertiary/aromatic N) is 1. The second kappa shape index (κ2) is 6.52. The van der Waals surface area contributed by atoms with Crippen LogP contribution in [-0.4, -0.2) is 17.7 Å². The Balaban J connectivity index is 1.75. The number of carbonyl (C=O) groups is 1. The molecule has 1 aliphatic rings. The van der Waals surface area contributed by atoms with Gasteiger partial charge in [0.1, 0.15) is 5.75 Å². The lowest BCUT2D eigenvalue weighted by molar-refractivity contribution is 0.246. The fourth-order valence-electron chi connectivity index (χ4n) is 2.82. The molecule has 2 aromatic rings. The van der Waals surface area contributed by atoms with E-state index in [9.17, 15) is 9.90 Å². The summed E-state index contributed by atoms with van der Waals surface area (Å²) >= 11 is 0. The van der Waals surface area contributed by atoms with Gasteiger partial charge in [-0.2, -0.15) is 0 Å². The first-order chi connectivity index (χ1) is 10.7. The maximum atomic E-state index is 12.5. The topological polar surface area (TPSA) is 52.6 Å². The van der Waals surface area contributed by atoms with Crippen LogP contribution in [0.2, 0.25) is 0 Å². The predicted molar refractivity (Wildman–Crippen MR) is 87.1 cm³/mol. The van der Waals surface area contributed by atoms with E-state index in [0.717, 1.165) is 36.1 Å². The highest BCUT2D eigenvalue weighted by molar-refractivity contribution is 5.93. The molecule has 0 aliphatic carbocycles. The van der Waals surface area contributed by atoms with Crippen molar-refractivity contribution in [1.82, 2.24) is 5.32 Å². The van der Waals surface area contributed by atoms with E-state index in [1.807, 2.05) is 36.4 Å². The summed E-state index contributed by atoms with van der Waals surface area (Å²) in [6, 6.07) is 15.0. The van der Waals surface area contributed by atoms with Crippen molar-refractivity contribution in [3.63, 3.8) is 0 Å². The molecule has 0 aromatic heterocycles. The lowest BCUT2D eigenvalue weighted by Crippen LogP contribution is -2.40. The van der Waals surface area contributed by atoms with Gasteiger partial charge in [-0.25, -0.2) is 4.79 Å². The summed E-state index contributed by atoms with van der Waals surface area (Å²) < 4.78 is 0. The molecular formula is C18H20N2O2. The number of rotatable bonds is 2. The molecule has 0 atom stereocenters. The van der Waals surface area contributed by atoms with Crippen LogP contribution in [-0.2, 0) is 13.0 Å². The van der Waals surface area contributed by atoms with E-state index >= 15 is 0 Å². The molecule has 2 aromatic carbocycles. The van der Waals surface area contributed by atoms with Crippen molar-refractivity contribution in [2.75, 3.05) is 11.4 Å². The van der Waals surface area contributed by atoms with E-state index in [0.29, 0.717) is 13.1 Å². The van der Waals surface area contributed by atoms with Gasteiger partial charge in [0.25, 0.3) is 0 Å². The van der Waals surface area contributed by atoms with E-state index in [2.05, 4.69) is 5.32 Å². The molecule has 0 spiro atoms. The molecule has 0 saturated carbocycles. The Hall–Kier alpha value is -2.49. The van der Waals surface area contributed by atoms with Crippen molar-refractivity contribution < 1.29 is 9.90 Å². The van der Waals surface area contributed by atoms with Gasteiger partial charge in [0.15, 0.2) is 0 Å². The average Bonchev–Trinajstić information content (AvgIpc) is 2.75. The standard InChI is InChI=1S/C18H20N2O2/c21-16-9-10-17-15(12-16)8-4-5-11-20(17)18(22)19-13-14-6-2-1-3-7-14/h1-3,6-7,9-10,12,21H,4-5,8,11,13H2,(H,19,22). The molecule has 2 amide bonds. The zero-order valence-corrected chi connectivity index (χ0v) is 12.5. The van der Waals surface area contributed by atoms with Crippen LogP contribution in [0.3, 0.4) is 0 Å². The smallest absolute Gasteiger partial charge is 0.322 e. The lowest BCUT2D eigenvalue weighted by Gasteiger charge is -2.23. The number of anilines is 1. The summed E-state index contributed by atoms with van der Waals surface area (Å²) in [6.07, 6.45) is 2.89.